The van der Waals surface area contributed by atoms with E-state index >= 15 is 0 Å². The number of ketones is 2. The van der Waals surface area contributed by atoms with Gasteiger partial charge in [-0.2, -0.15) is 12.6 Å². The summed E-state index contributed by atoms with van der Waals surface area (Å²) < 4.78 is -0.106. The molecule has 0 aromatic carbocycles. The van der Waals surface area contributed by atoms with Gasteiger partial charge in [-0.1, -0.05) is 13.8 Å². The van der Waals surface area contributed by atoms with Crippen LogP contribution in [0.2, 0.25) is 0 Å². The highest BCUT2D eigenvalue weighted by Gasteiger charge is 2.17. The fourth-order valence-electron chi connectivity index (χ4n) is 1.19. The van der Waals surface area contributed by atoms with Crippen LogP contribution in [0, 0.1) is 0 Å². The van der Waals surface area contributed by atoms with Gasteiger partial charge in [-0.05, 0) is 31.1 Å². The predicted octanol–water partition coefficient (Wildman–Crippen LogP) is 2.11. The van der Waals surface area contributed by atoms with E-state index in [9.17, 15) is 9.59 Å². The Bertz CT molecular complexity index is 319. The molecule has 0 aromatic heterocycles. The summed E-state index contributed by atoms with van der Waals surface area (Å²) in [7, 11) is 0. The molecule has 0 amide bonds. The van der Waals surface area contributed by atoms with Gasteiger partial charge in [0, 0.05) is 10.3 Å². The number of hydrogen-bond donors (Lipinski definition) is 1. The molecule has 0 heterocycles. The Morgan fingerprint density at radius 3 is 2.50 bits per heavy atom. The molecule has 14 heavy (non-hydrogen) atoms. The van der Waals surface area contributed by atoms with Crippen molar-refractivity contribution in [2.75, 3.05) is 0 Å². The van der Waals surface area contributed by atoms with Gasteiger partial charge in [-0.25, -0.2) is 0 Å². The Morgan fingerprint density at radius 2 is 1.93 bits per heavy atom. The Morgan fingerprint density at radius 1 is 1.29 bits per heavy atom. The van der Waals surface area contributed by atoms with Gasteiger partial charge in [-0.15, -0.1) is 0 Å². The lowest BCUT2D eigenvalue weighted by Gasteiger charge is -2.17. The van der Waals surface area contributed by atoms with Crippen LogP contribution in [0.1, 0.15) is 26.7 Å². The average molecular weight is 210 g/mol. The van der Waals surface area contributed by atoms with Gasteiger partial charge in [0.05, 0.1) is 0 Å². The minimum absolute atomic E-state index is 0.0535. The van der Waals surface area contributed by atoms with Crippen LogP contribution in [0.25, 0.3) is 0 Å². The molecule has 0 fully saturated rings. The Labute approximate surface area is 89.5 Å². The first kappa shape index (κ1) is 11.2. The molecule has 0 atom stereocenters. The van der Waals surface area contributed by atoms with Crippen molar-refractivity contribution in [1.29, 1.82) is 0 Å². The van der Waals surface area contributed by atoms with Crippen molar-refractivity contribution >= 4 is 24.2 Å². The van der Waals surface area contributed by atoms with Gasteiger partial charge in [0.25, 0.3) is 0 Å². The summed E-state index contributed by atoms with van der Waals surface area (Å²) in [5.74, 6) is -0.154. The van der Waals surface area contributed by atoms with Crippen molar-refractivity contribution in [1.82, 2.24) is 0 Å². The normalized spacial score (nSPS) is 17.2. The highest BCUT2D eigenvalue weighted by Crippen LogP contribution is 2.23. The molecule has 0 bridgehead atoms. The first-order chi connectivity index (χ1) is 6.38. The second-order valence-corrected chi connectivity index (χ2v) is 5.29. The maximum Gasteiger partial charge on any atom is 0.182 e. The van der Waals surface area contributed by atoms with E-state index in [4.69, 9.17) is 0 Å². The van der Waals surface area contributed by atoms with Crippen LogP contribution in [-0.2, 0) is 9.59 Å². The van der Waals surface area contributed by atoms with E-state index in [1.165, 1.54) is 18.2 Å². The summed E-state index contributed by atoms with van der Waals surface area (Å²) in [6.45, 7) is 3.98. The molecular formula is C11H14O2S. The first-order valence-corrected chi connectivity index (χ1v) is 5.02. The molecule has 0 aromatic rings. The van der Waals surface area contributed by atoms with Crippen LogP contribution >= 0.6 is 12.6 Å². The number of carbonyl (C=O) groups excluding carboxylic acids is 2. The third kappa shape index (κ3) is 3.50. The zero-order valence-electron chi connectivity index (χ0n) is 8.41. The summed E-state index contributed by atoms with van der Waals surface area (Å²) in [6, 6.07) is 0. The molecule has 0 aliphatic heterocycles. The summed E-state index contributed by atoms with van der Waals surface area (Å²) >= 11 is 4.36. The molecule has 1 aliphatic carbocycles. The molecule has 76 valence electrons. The number of carbonyl (C=O) groups is 2. The third-order valence-corrected chi connectivity index (χ3v) is 2.26. The molecular weight excluding hydrogens is 196 g/mol. The van der Waals surface area contributed by atoms with E-state index in [-0.39, 0.29) is 16.3 Å². The van der Waals surface area contributed by atoms with Crippen LogP contribution in [-0.4, -0.2) is 16.3 Å². The van der Waals surface area contributed by atoms with Crippen molar-refractivity contribution < 1.29 is 9.59 Å². The van der Waals surface area contributed by atoms with E-state index in [2.05, 4.69) is 12.6 Å². The van der Waals surface area contributed by atoms with E-state index in [1.807, 2.05) is 13.8 Å². The molecule has 0 radical (unpaired) electrons. The lowest BCUT2D eigenvalue weighted by atomic mass is 9.95. The topological polar surface area (TPSA) is 34.1 Å². The quantitative estimate of drug-likeness (QED) is 0.572. The van der Waals surface area contributed by atoms with Crippen LogP contribution in [0.3, 0.4) is 0 Å². The zero-order valence-corrected chi connectivity index (χ0v) is 9.30. The second kappa shape index (κ2) is 4.13. The highest BCUT2D eigenvalue weighted by atomic mass is 32.1. The van der Waals surface area contributed by atoms with Gasteiger partial charge in [0.2, 0.25) is 0 Å². The highest BCUT2D eigenvalue weighted by molar-refractivity contribution is 7.81. The lowest BCUT2D eigenvalue weighted by molar-refractivity contribution is -0.114. The van der Waals surface area contributed by atoms with Gasteiger partial charge < -0.3 is 0 Å². The molecule has 3 heteroatoms. The number of thiol groups is 1. The lowest BCUT2D eigenvalue weighted by Crippen LogP contribution is -2.14. The fourth-order valence-corrected chi connectivity index (χ4v) is 1.30. The van der Waals surface area contributed by atoms with Crippen molar-refractivity contribution in [3.63, 3.8) is 0 Å². The fraction of sp³-hybridized carbons (Fsp3) is 0.455. The van der Waals surface area contributed by atoms with Crippen molar-refractivity contribution in [2.45, 2.75) is 31.4 Å². The molecule has 0 N–H and O–H groups in total. The van der Waals surface area contributed by atoms with Crippen LogP contribution in [0.15, 0.2) is 23.8 Å². The number of hydrogen-bond acceptors (Lipinski definition) is 3. The molecule has 0 saturated heterocycles. The average Bonchev–Trinajstić information content (AvgIpc) is 2.05. The standard InChI is InChI=1S/C11H14O2S/c1-11(2,14)6-5-8-7-9(12)3-4-10(8)13/h3-4,7,14H,5-6H2,1-2H3. The third-order valence-electron chi connectivity index (χ3n) is 2.04. The van der Waals surface area contributed by atoms with Crippen molar-refractivity contribution in [2.24, 2.45) is 0 Å². The minimum atomic E-state index is -0.106. The van der Waals surface area contributed by atoms with E-state index in [1.54, 1.807) is 0 Å². The Hall–Kier alpha value is -0.830. The van der Waals surface area contributed by atoms with Crippen LogP contribution in [0.5, 0.6) is 0 Å². The summed E-state index contributed by atoms with van der Waals surface area (Å²) in [4.78, 5) is 22.3. The van der Waals surface area contributed by atoms with E-state index in [0.29, 0.717) is 12.0 Å². The molecule has 2 nitrogen and oxygen atoms in total. The summed E-state index contributed by atoms with van der Waals surface area (Å²) in [6.07, 6.45) is 5.46. The van der Waals surface area contributed by atoms with Crippen molar-refractivity contribution in [3.05, 3.63) is 23.8 Å². The largest absolute Gasteiger partial charge is 0.290 e. The summed E-state index contributed by atoms with van der Waals surface area (Å²) in [5, 5.41) is 0. The molecule has 1 rings (SSSR count). The smallest absolute Gasteiger partial charge is 0.182 e. The van der Waals surface area contributed by atoms with Gasteiger partial charge in [0.1, 0.15) is 0 Å². The summed E-state index contributed by atoms with van der Waals surface area (Å²) in [5.41, 5.74) is 0.597. The maximum atomic E-state index is 11.3. The van der Waals surface area contributed by atoms with E-state index in [0.717, 1.165) is 6.42 Å². The molecule has 0 unspecified atom stereocenters. The Kier molecular flexibility index (Phi) is 3.32. The predicted molar refractivity (Wildman–Crippen MR) is 59.5 cm³/mol. The minimum Gasteiger partial charge on any atom is -0.290 e. The first-order valence-electron chi connectivity index (χ1n) is 4.58. The second-order valence-electron chi connectivity index (χ2n) is 4.08. The Balaban J connectivity index is 2.61. The van der Waals surface area contributed by atoms with Crippen LogP contribution in [0.4, 0.5) is 0 Å². The number of allylic oxidation sites excluding steroid dienone is 4. The zero-order chi connectivity index (χ0) is 10.8. The van der Waals surface area contributed by atoms with Gasteiger partial charge >= 0.3 is 0 Å². The number of rotatable bonds is 3. The van der Waals surface area contributed by atoms with Crippen LogP contribution < -0.4 is 0 Å². The maximum absolute atomic E-state index is 11.3. The molecule has 0 saturated carbocycles. The molecule has 0 spiro atoms. The van der Waals surface area contributed by atoms with Gasteiger partial charge in [-0.3, -0.25) is 9.59 Å². The molecule has 1 aliphatic rings. The SMILES string of the molecule is CC(C)(S)CCC1=CC(=O)C=CC1=O. The van der Waals surface area contributed by atoms with Crippen molar-refractivity contribution in [3.8, 4) is 0 Å². The van der Waals surface area contributed by atoms with E-state index < -0.39 is 0 Å². The monoisotopic (exact) mass is 210 g/mol. The van der Waals surface area contributed by atoms with Gasteiger partial charge in [0.15, 0.2) is 11.6 Å².